The average molecular weight is 355 g/mol. The molecule has 1 atom stereocenters. The molecule has 2 rings (SSSR count). The molecule has 0 aliphatic carbocycles. The molecule has 0 aromatic heterocycles. The van der Waals surface area contributed by atoms with Gasteiger partial charge in [0.25, 0.3) is 0 Å². The Morgan fingerprint density at radius 1 is 1.38 bits per heavy atom. The maximum atomic E-state index is 13.1. The lowest BCUT2D eigenvalue weighted by molar-refractivity contribution is 0.589. The quantitative estimate of drug-likeness (QED) is 0.601. The first-order valence-corrected chi connectivity index (χ1v) is 10.2. The third kappa shape index (κ3) is 5.78. The van der Waals surface area contributed by atoms with Crippen molar-refractivity contribution < 1.29 is 12.8 Å². The molecule has 5 nitrogen and oxygen atoms in total. The number of rotatable bonds is 6. The highest BCUT2D eigenvalue weighted by molar-refractivity contribution is 7.91. The summed E-state index contributed by atoms with van der Waals surface area (Å²) in [6.45, 7) is 5.83. The van der Waals surface area contributed by atoms with Crippen LogP contribution in [0.3, 0.4) is 0 Å². The van der Waals surface area contributed by atoms with Crippen LogP contribution in [0.5, 0.6) is 0 Å². The van der Waals surface area contributed by atoms with Crippen LogP contribution < -0.4 is 10.6 Å². The van der Waals surface area contributed by atoms with Crippen molar-refractivity contribution in [3.05, 3.63) is 35.1 Å². The molecule has 0 spiro atoms. The third-order valence-electron chi connectivity index (χ3n) is 4.17. The van der Waals surface area contributed by atoms with Gasteiger partial charge in [-0.3, -0.25) is 4.99 Å². The van der Waals surface area contributed by atoms with Crippen LogP contribution in [0.1, 0.15) is 24.5 Å². The minimum absolute atomic E-state index is 0.116. The smallest absolute Gasteiger partial charge is 0.191 e. The van der Waals surface area contributed by atoms with Crippen LogP contribution in [0.15, 0.2) is 23.2 Å². The molecular formula is C17H26FN3O2S. The molecule has 1 aromatic carbocycles. The van der Waals surface area contributed by atoms with Gasteiger partial charge in [0.15, 0.2) is 15.8 Å². The zero-order valence-corrected chi connectivity index (χ0v) is 15.1. The third-order valence-corrected chi connectivity index (χ3v) is 6.01. The van der Waals surface area contributed by atoms with Gasteiger partial charge < -0.3 is 10.6 Å². The van der Waals surface area contributed by atoms with E-state index in [-0.39, 0.29) is 23.2 Å². The monoisotopic (exact) mass is 355 g/mol. The minimum Gasteiger partial charge on any atom is -0.357 e. The van der Waals surface area contributed by atoms with Crippen molar-refractivity contribution in [2.24, 2.45) is 10.9 Å². The normalized spacial score (nSPS) is 20.1. The minimum atomic E-state index is -2.86. The van der Waals surface area contributed by atoms with Crippen LogP contribution >= 0.6 is 0 Å². The number of nitrogens with one attached hydrogen (secondary N) is 2. The molecule has 0 amide bonds. The molecular weight excluding hydrogens is 329 g/mol. The Hall–Kier alpha value is -1.63. The van der Waals surface area contributed by atoms with Crippen molar-refractivity contribution in [2.75, 3.05) is 31.1 Å². The van der Waals surface area contributed by atoms with Gasteiger partial charge in [-0.25, -0.2) is 12.8 Å². The Bertz CT molecular complexity index is 689. The zero-order valence-electron chi connectivity index (χ0n) is 14.3. The fourth-order valence-corrected chi connectivity index (χ4v) is 4.68. The SMILES string of the molecule is CCNC(=NCC1CCS(=O)(=O)C1)NCCc1ccc(F)cc1C. The molecule has 1 fully saturated rings. The highest BCUT2D eigenvalue weighted by Crippen LogP contribution is 2.18. The van der Waals surface area contributed by atoms with E-state index in [0.717, 1.165) is 24.1 Å². The van der Waals surface area contributed by atoms with Crippen molar-refractivity contribution in [3.63, 3.8) is 0 Å². The van der Waals surface area contributed by atoms with E-state index >= 15 is 0 Å². The summed E-state index contributed by atoms with van der Waals surface area (Å²) in [4.78, 5) is 4.50. The van der Waals surface area contributed by atoms with Gasteiger partial charge in [0.2, 0.25) is 0 Å². The largest absolute Gasteiger partial charge is 0.357 e. The van der Waals surface area contributed by atoms with Gasteiger partial charge in [0, 0.05) is 19.6 Å². The van der Waals surface area contributed by atoms with Gasteiger partial charge in [0.05, 0.1) is 11.5 Å². The Kier molecular flexibility index (Phi) is 6.60. The van der Waals surface area contributed by atoms with Crippen molar-refractivity contribution in [1.82, 2.24) is 10.6 Å². The van der Waals surface area contributed by atoms with Crippen molar-refractivity contribution in [1.29, 1.82) is 0 Å². The first-order chi connectivity index (χ1) is 11.4. The maximum absolute atomic E-state index is 13.1. The van der Waals surface area contributed by atoms with Gasteiger partial charge >= 0.3 is 0 Å². The summed E-state index contributed by atoms with van der Waals surface area (Å²) in [5, 5.41) is 6.42. The summed E-state index contributed by atoms with van der Waals surface area (Å²) < 4.78 is 36.1. The first-order valence-electron chi connectivity index (χ1n) is 8.37. The molecule has 2 N–H and O–H groups in total. The molecule has 1 aliphatic heterocycles. The van der Waals surface area contributed by atoms with E-state index < -0.39 is 9.84 Å². The highest BCUT2D eigenvalue weighted by Gasteiger charge is 2.27. The number of aliphatic imine (C=N–C) groups is 1. The van der Waals surface area contributed by atoms with E-state index in [4.69, 9.17) is 0 Å². The second kappa shape index (κ2) is 8.46. The van der Waals surface area contributed by atoms with Crippen LogP contribution in [0.4, 0.5) is 4.39 Å². The number of nitrogens with zero attached hydrogens (tertiary/aromatic N) is 1. The van der Waals surface area contributed by atoms with Gasteiger partial charge in [0.1, 0.15) is 5.82 Å². The molecule has 1 unspecified atom stereocenters. The van der Waals surface area contributed by atoms with E-state index in [2.05, 4.69) is 15.6 Å². The van der Waals surface area contributed by atoms with E-state index in [9.17, 15) is 12.8 Å². The Labute approximate surface area is 143 Å². The molecule has 0 bridgehead atoms. The summed E-state index contributed by atoms with van der Waals surface area (Å²) in [5.74, 6) is 1.11. The van der Waals surface area contributed by atoms with Crippen molar-refractivity contribution in [2.45, 2.75) is 26.7 Å². The predicted octanol–water partition coefficient (Wildman–Crippen LogP) is 1.67. The number of benzene rings is 1. The predicted molar refractivity (Wildman–Crippen MR) is 95.6 cm³/mol. The molecule has 1 aromatic rings. The van der Waals surface area contributed by atoms with E-state index in [1.807, 2.05) is 13.8 Å². The second-order valence-corrected chi connectivity index (χ2v) is 8.46. The topological polar surface area (TPSA) is 70.6 Å². The van der Waals surface area contributed by atoms with Crippen LogP contribution in [0.2, 0.25) is 0 Å². The summed E-state index contributed by atoms with van der Waals surface area (Å²) in [5.41, 5.74) is 2.04. The lowest BCUT2D eigenvalue weighted by Crippen LogP contribution is -2.38. The molecule has 7 heteroatoms. The van der Waals surface area contributed by atoms with Crippen LogP contribution in [0.25, 0.3) is 0 Å². The standard InChI is InChI=1S/C17H26FN3O2S/c1-3-19-17(21-11-14-7-9-24(22,23)12-14)20-8-6-15-4-5-16(18)10-13(15)2/h4-5,10,14H,3,6-9,11-12H2,1-2H3,(H2,19,20,21). The van der Waals surface area contributed by atoms with Crippen molar-refractivity contribution >= 4 is 15.8 Å². The molecule has 0 radical (unpaired) electrons. The molecule has 1 saturated heterocycles. The first kappa shape index (κ1) is 18.7. The van der Waals surface area contributed by atoms with E-state index in [0.29, 0.717) is 25.5 Å². The number of hydrogen-bond acceptors (Lipinski definition) is 3. The Morgan fingerprint density at radius 3 is 2.79 bits per heavy atom. The molecule has 1 heterocycles. The van der Waals surface area contributed by atoms with E-state index in [1.54, 1.807) is 6.07 Å². The molecule has 24 heavy (non-hydrogen) atoms. The Morgan fingerprint density at radius 2 is 2.17 bits per heavy atom. The summed E-state index contributed by atoms with van der Waals surface area (Å²) in [6.07, 6.45) is 1.47. The highest BCUT2D eigenvalue weighted by atomic mass is 32.2. The number of sulfone groups is 1. The van der Waals surface area contributed by atoms with Gasteiger partial charge in [-0.05, 0) is 55.9 Å². The molecule has 134 valence electrons. The van der Waals surface area contributed by atoms with E-state index in [1.165, 1.54) is 12.1 Å². The van der Waals surface area contributed by atoms with Gasteiger partial charge in [-0.15, -0.1) is 0 Å². The molecule has 0 saturated carbocycles. The summed E-state index contributed by atoms with van der Waals surface area (Å²) in [7, 11) is -2.86. The maximum Gasteiger partial charge on any atom is 0.191 e. The van der Waals surface area contributed by atoms with Crippen LogP contribution in [-0.2, 0) is 16.3 Å². The zero-order chi connectivity index (χ0) is 17.6. The van der Waals surface area contributed by atoms with Gasteiger partial charge in [-0.1, -0.05) is 6.07 Å². The number of halogens is 1. The van der Waals surface area contributed by atoms with Gasteiger partial charge in [-0.2, -0.15) is 0 Å². The number of guanidine groups is 1. The van der Waals surface area contributed by atoms with Crippen LogP contribution in [0, 0.1) is 18.7 Å². The second-order valence-electron chi connectivity index (χ2n) is 6.24. The number of aryl methyl sites for hydroxylation is 1. The summed E-state index contributed by atoms with van der Waals surface area (Å²) in [6, 6.07) is 4.82. The lowest BCUT2D eigenvalue weighted by Gasteiger charge is -2.13. The molecule has 1 aliphatic rings. The van der Waals surface area contributed by atoms with Crippen molar-refractivity contribution in [3.8, 4) is 0 Å². The van der Waals surface area contributed by atoms with Crippen LogP contribution in [-0.4, -0.2) is 45.5 Å². The fraction of sp³-hybridized carbons (Fsp3) is 0.588. The Balaban J connectivity index is 1.85. The number of hydrogen-bond donors (Lipinski definition) is 2. The fourth-order valence-electron chi connectivity index (χ4n) is 2.83. The summed E-state index contributed by atoms with van der Waals surface area (Å²) >= 11 is 0. The lowest BCUT2D eigenvalue weighted by atomic mass is 10.1. The average Bonchev–Trinajstić information content (AvgIpc) is 2.86.